The van der Waals surface area contributed by atoms with Crippen LogP contribution in [0.15, 0.2) is 41.0 Å². The number of aromatic nitrogens is 2. The largest absolute Gasteiger partial charge is 0.244 e. The van der Waals surface area contributed by atoms with Crippen LogP contribution < -0.4 is 0 Å². The highest BCUT2D eigenvalue weighted by atomic mass is 79.9. The molecule has 0 atom stereocenters. The molecule has 0 amide bonds. The smallest absolute Gasteiger partial charge is 0.143 e. The zero-order valence-corrected chi connectivity index (χ0v) is 12.3. The Morgan fingerprint density at radius 3 is 2.89 bits per heavy atom. The van der Waals surface area contributed by atoms with Crippen LogP contribution in [-0.4, -0.2) is 9.97 Å². The minimum atomic E-state index is 0.929. The Kier molecular flexibility index (Phi) is 3.14. The summed E-state index contributed by atoms with van der Waals surface area (Å²) in [6.45, 7) is 2.14. The van der Waals surface area contributed by atoms with Gasteiger partial charge in [0.25, 0.3) is 0 Å². The van der Waals surface area contributed by atoms with Gasteiger partial charge in [-0.15, -0.1) is 11.3 Å². The third kappa shape index (κ3) is 2.06. The molecule has 0 bridgehead atoms. The van der Waals surface area contributed by atoms with Crippen LogP contribution in [0.25, 0.3) is 21.6 Å². The Bertz CT molecular complexity index is 706. The zero-order valence-electron chi connectivity index (χ0n) is 9.85. The molecular weight excluding hydrogens is 308 g/mol. The fraction of sp³-hybridized carbons (Fsp3) is 0.143. The van der Waals surface area contributed by atoms with Crippen molar-refractivity contribution in [1.82, 2.24) is 9.97 Å². The third-order valence-electron chi connectivity index (χ3n) is 2.78. The third-order valence-corrected chi connectivity index (χ3v) is 4.53. The SMILES string of the molecule is CCc1cnc(-c2nc3ccccc3cc2Br)s1. The van der Waals surface area contributed by atoms with Gasteiger partial charge in [0.1, 0.15) is 10.7 Å². The van der Waals surface area contributed by atoms with E-state index in [-0.39, 0.29) is 0 Å². The van der Waals surface area contributed by atoms with Crippen LogP contribution in [0.5, 0.6) is 0 Å². The molecule has 0 saturated heterocycles. The van der Waals surface area contributed by atoms with Gasteiger partial charge in [0.05, 0.1) is 5.52 Å². The predicted octanol–water partition coefficient (Wildman–Crippen LogP) is 4.68. The number of rotatable bonds is 2. The van der Waals surface area contributed by atoms with E-state index in [0.29, 0.717) is 0 Å². The van der Waals surface area contributed by atoms with Crippen LogP contribution in [0.3, 0.4) is 0 Å². The van der Waals surface area contributed by atoms with E-state index in [9.17, 15) is 0 Å². The van der Waals surface area contributed by atoms with E-state index in [2.05, 4.69) is 40.0 Å². The average Bonchev–Trinajstić information content (AvgIpc) is 2.86. The molecule has 0 aliphatic heterocycles. The maximum absolute atomic E-state index is 4.69. The molecule has 3 aromatic rings. The quantitative estimate of drug-likeness (QED) is 0.685. The lowest BCUT2D eigenvalue weighted by Crippen LogP contribution is -1.86. The summed E-state index contributed by atoms with van der Waals surface area (Å²) in [6.07, 6.45) is 2.95. The van der Waals surface area contributed by atoms with Gasteiger partial charge in [-0.25, -0.2) is 9.97 Å². The molecule has 0 unspecified atom stereocenters. The number of thiazole rings is 1. The van der Waals surface area contributed by atoms with Crippen LogP contribution in [0.4, 0.5) is 0 Å². The summed E-state index contributed by atoms with van der Waals surface area (Å²) in [5.41, 5.74) is 1.93. The minimum Gasteiger partial charge on any atom is -0.244 e. The number of fused-ring (bicyclic) bond motifs is 1. The number of para-hydroxylation sites is 1. The fourth-order valence-corrected chi connectivity index (χ4v) is 3.33. The van der Waals surface area contributed by atoms with E-state index >= 15 is 0 Å². The molecule has 3 rings (SSSR count). The van der Waals surface area contributed by atoms with Crippen LogP contribution >= 0.6 is 27.3 Å². The second kappa shape index (κ2) is 4.78. The number of halogens is 1. The van der Waals surface area contributed by atoms with Crippen LogP contribution in [0, 0.1) is 0 Å². The topological polar surface area (TPSA) is 25.8 Å². The Labute approximate surface area is 118 Å². The predicted molar refractivity (Wildman–Crippen MR) is 79.9 cm³/mol. The average molecular weight is 319 g/mol. The van der Waals surface area contributed by atoms with Gasteiger partial charge in [0, 0.05) is 20.9 Å². The highest BCUT2D eigenvalue weighted by molar-refractivity contribution is 9.10. The number of pyridine rings is 1. The number of benzene rings is 1. The van der Waals surface area contributed by atoms with Crippen molar-refractivity contribution in [2.75, 3.05) is 0 Å². The normalized spacial score (nSPS) is 11.0. The summed E-state index contributed by atoms with van der Waals surface area (Å²) < 4.78 is 0.998. The molecule has 0 spiro atoms. The molecule has 90 valence electrons. The van der Waals surface area contributed by atoms with Gasteiger partial charge >= 0.3 is 0 Å². The van der Waals surface area contributed by atoms with E-state index in [1.165, 1.54) is 4.88 Å². The van der Waals surface area contributed by atoms with Crippen molar-refractivity contribution in [3.05, 3.63) is 45.9 Å². The van der Waals surface area contributed by atoms with Crippen molar-refractivity contribution in [3.63, 3.8) is 0 Å². The second-order valence-electron chi connectivity index (χ2n) is 4.00. The molecular formula is C14H11BrN2S. The summed E-state index contributed by atoms with van der Waals surface area (Å²) in [7, 11) is 0. The summed E-state index contributed by atoms with van der Waals surface area (Å²) in [4.78, 5) is 10.4. The highest BCUT2D eigenvalue weighted by Gasteiger charge is 2.10. The standard InChI is InChI=1S/C14H11BrN2S/c1-2-10-8-16-14(18-10)13-11(15)7-9-5-3-4-6-12(9)17-13/h3-8H,2H2,1H3. The molecule has 2 nitrogen and oxygen atoms in total. The van der Waals surface area contributed by atoms with Crippen LogP contribution in [0.2, 0.25) is 0 Å². The van der Waals surface area contributed by atoms with E-state index in [4.69, 9.17) is 4.98 Å². The number of hydrogen-bond donors (Lipinski definition) is 0. The monoisotopic (exact) mass is 318 g/mol. The van der Waals surface area contributed by atoms with Gasteiger partial charge in [-0.1, -0.05) is 25.1 Å². The van der Waals surface area contributed by atoms with E-state index < -0.39 is 0 Å². The molecule has 1 aromatic carbocycles. The van der Waals surface area contributed by atoms with Crippen molar-refractivity contribution in [1.29, 1.82) is 0 Å². The molecule has 0 saturated carbocycles. The lowest BCUT2D eigenvalue weighted by atomic mass is 10.2. The first-order valence-corrected chi connectivity index (χ1v) is 7.39. The number of hydrogen-bond acceptors (Lipinski definition) is 3. The Hall–Kier alpha value is -1.26. The Morgan fingerprint density at radius 1 is 1.28 bits per heavy atom. The number of nitrogens with zero attached hydrogens (tertiary/aromatic N) is 2. The van der Waals surface area contributed by atoms with Crippen molar-refractivity contribution in [2.24, 2.45) is 0 Å². The molecule has 2 heterocycles. The maximum atomic E-state index is 4.69. The second-order valence-corrected chi connectivity index (χ2v) is 5.97. The molecule has 18 heavy (non-hydrogen) atoms. The van der Waals surface area contributed by atoms with E-state index in [1.807, 2.05) is 24.4 Å². The molecule has 0 aliphatic rings. The summed E-state index contributed by atoms with van der Waals surface area (Å²) in [5, 5.41) is 2.12. The lowest BCUT2D eigenvalue weighted by Gasteiger charge is -2.03. The first kappa shape index (κ1) is 11.8. The maximum Gasteiger partial charge on any atom is 0.143 e. The van der Waals surface area contributed by atoms with Crippen molar-refractivity contribution >= 4 is 38.2 Å². The molecule has 2 aromatic heterocycles. The van der Waals surface area contributed by atoms with Crippen molar-refractivity contribution < 1.29 is 0 Å². The fourth-order valence-electron chi connectivity index (χ4n) is 1.82. The first-order chi connectivity index (χ1) is 8.78. The molecule has 0 N–H and O–H groups in total. The zero-order chi connectivity index (χ0) is 12.5. The molecule has 0 radical (unpaired) electrons. The van der Waals surface area contributed by atoms with Crippen LogP contribution in [0.1, 0.15) is 11.8 Å². The summed E-state index contributed by atoms with van der Waals surface area (Å²) in [5.74, 6) is 0. The van der Waals surface area contributed by atoms with Gasteiger partial charge < -0.3 is 0 Å². The minimum absolute atomic E-state index is 0.929. The van der Waals surface area contributed by atoms with Crippen molar-refractivity contribution in [3.8, 4) is 10.7 Å². The molecule has 4 heteroatoms. The van der Waals surface area contributed by atoms with Gasteiger partial charge in [0.2, 0.25) is 0 Å². The van der Waals surface area contributed by atoms with Crippen molar-refractivity contribution in [2.45, 2.75) is 13.3 Å². The Balaban J connectivity index is 2.19. The summed E-state index contributed by atoms with van der Waals surface area (Å²) in [6, 6.07) is 10.2. The lowest BCUT2D eigenvalue weighted by molar-refractivity contribution is 1.17. The molecule has 0 aliphatic carbocycles. The van der Waals surface area contributed by atoms with Gasteiger partial charge in [-0.05, 0) is 34.5 Å². The highest BCUT2D eigenvalue weighted by Crippen LogP contribution is 2.32. The van der Waals surface area contributed by atoms with Gasteiger partial charge in [0.15, 0.2) is 0 Å². The Morgan fingerprint density at radius 2 is 2.11 bits per heavy atom. The summed E-state index contributed by atoms with van der Waals surface area (Å²) >= 11 is 5.29. The molecule has 0 fully saturated rings. The van der Waals surface area contributed by atoms with Crippen LogP contribution in [-0.2, 0) is 6.42 Å². The van der Waals surface area contributed by atoms with E-state index in [1.54, 1.807) is 11.3 Å². The first-order valence-electron chi connectivity index (χ1n) is 5.78. The van der Waals surface area contributed by atoms with Gasteiger partial charge in [-0.2, -0.15) is 0 Å². The van der Waals surface area contributed by atoms with Gasteiger partial charge in [-0.3, -0.25) is 0 Å². The van der Waals surface area contributed by atoms with E-state index in [0.717, 1.165) is 32.5 Å². The number of aryl methyl sites for hydroxylation is 1.